The lowest BCUT2D eigenvalue weighted by Crippen LogP contribution is -2.39. The Morgan fingerprint density at radius 2 is 2.08 bits per heavy atom. The molecule has 7 nitrogen and oxygen atoms in total. The van der Waals surface area contributed by atoms with Gasteiger partial charge in [-0.1, -0.05) is 12.1 Å². The first-order chi connectivity index (χ1) is 11.1. The van der Waals surface area contributed by atoms with Gasteiger partial charge in [0.25, 0.3) is 0 Å². The second-order valence-corrected chi connectivity index (χ2v) is 6.10. The Balaban J connectivity index is 0.00000288. The predicted molar refractivity (Wildman–Crippen MR) is 106 cm³/mol. The Morgan fingerprint density at radius 1 is 1.38 bits per heavy atom. The quantitative estimate of drug-likeness (QED) is 0.284. The van der Waals surface area contributed by atoms with Crippen LogP contribution >= 0.6 is 24.0 Å². The molecule has 2 heterocycles. The summed E-state index contributed by atoms with van der Waals surface area (Å²) in [6.45, 7) is 12.3. The number of morpholine rings is 1. The maximum absolute atomic E-state index is 5.94. The molecular formula is C16H30IN5O2. The van der Waals surface area contributed by atoms with Crippen molar-refractivity contribution in [2.75, 3.05) is 45.9 Å². The van der Waals surface area contributed by atoms with E-state index in [4.69, 9.17) is 15.0 Å². The molecule has 0 aromatic carbocycles. The van der Waals surface area contributed by atoms with Crippen LogP contribution in [0.15, 0.2) is 9.52 Å². The zero-order valence-corrected chi connectivity index (χ0v) is 17.2. The summed E-state index contributed by atoms with van der Waals surface area (Å²) in [5.41, 5.74) is 8.00. The molecule has 24 heavy (non-hydrogen) atoms. The van der Waals surface area contributed by atoms with Gasteiger partial charge in [0.1, 0.15) is 5.76 Å². The third kappa shape index (κ3) is 6.56. The van der Waals surface area contributed by atoms with Crippen LogP contribution in [0.4, 0.5) is 0 Å². The highest BCUT2D eigenvalue weighted by Crippen LogP contribution is 2.22. The van der Waals surface area contributed by atoms with E-state index in [-0.39, 0.29) is 29.9 Å². The van der Waals surface area contributed by atoms with Crippen molar-refractivity contribution >= 4 is 29.9 Å². The summed E-state index contributed by atoms with van der Waals surface area (Å²) in [7, 11) is 0. The average molecular weight is 451 g/mol. The van der Waals surface area contributed by atoms with Gasteiger partial charge in [-0.25, -0.2) is 0 Å². The first kappa shape index (κ1) is 21.2. The number of hydrogen-bond donors (Lipinski definition) is 2. The van der Waals surface area contributed by atoms with E-state index in [1.54, 1.807) is 0 Å². The molecule has 1 unspecified atom stereocenters. The number of nitrogens with two attached hydrogens (primary N) is 1. The standard InChI is InChI=1S/C16H29N5O2.HI/c1-12(15-13(2)20-23-14(15)3)11-19-16(17)18-5-4-6-21-7-9-22-10-8-21;/h12H,4-11H2,1-3H3,(H3,17,18,19);1H. The predicted octanol–water partition coefficient (Wildman–Crippen LogP) is 1.64. The number of rotatable bonds is 7. The molecule has 0 spiro atoms. The summed E-state index contributed by atoms with van der Waals surface area (Å²) < 4.78 is 10.5. The van der Waals surface area contributed by atoms with Crippen LogP contribution in [-0.4, -0.2) is 62.0 Å². The van der Waals surface area contributed by atoms with Crippen molar-refractivity contribution < 1.29 is 9.26 Å². The smallest absolute Gasteiger partial charge is 0.188 e. The summed E-state index contributed by atoms with van der Waals surface area (Å²) in [6, 6.07) is 0. The fraction of sp³-hybridized carbons (Fsp3) is 0.750. The van der Waals surface area contributed by atoms with Crippen molar-refractivity contribution in [3.63, 3.8) is 0 Å². The molecule has 8 heteroatoms. The van der Waals surface area contributed by atoms with Gasteiger partial charge in [-0.15, -0.1) is 24.0 Å². The minimum atomic E-state index is 0. The minimum Gasteiger partial charge on any atom is -0.379 e. The topological polar surface area (TPSA) is 88.9 Å². The Kier molecular flexibility index (Phi) is 9.60. The Bertz CT molecular complexity index is 495. The number of hydrogen-bond acceptors (Lipinski definition) is 5. The molecule has 1 aromatic heterocycles. The second kappa shape index (κ2) is 10.9. The van der Waals surface area contributed by atoms with E-state index in [0.29, 0.717) is 12.5 Å². The van der Waals surface area contributed by atoms with Crippen LogP contribution in [0, 0.1) is 13.8 Å². The van der Waals surface area contributed by atoms with Crippen LogP contribution in [0.1, 0.15) is 36.3 Å². The van der Waals surface area contributed by atoms with Crippen molar-refractivity contribution in [1.29, 1.82) is 0 Å². The number of aromatic nitrogens is 1. The third-order valence-electron chi connectivity index (χ3n) is 4.18. The molecule has 0 radical (unpaired) electrons. The van der Waals surface area contributed by atoms with E-state index in [0.717, 1.165) is 62.8 Å². The molecule has 2 rings (SSSR count). The lowest BCUT2D eigenvalue weighted by atomic mass is 10.00. The van der Waals surface area contributed by atoms with Crippen LogP contribution in [0.5, 0.6) is 0 Å². The number of ether oxygens (including phenoxy) is 1. The molecule has 1 atom stereocenters. The van der Waals surface area contributed by atoms with Crippen LogP contribution < -0.4 is 11.1 Å². The maximum atomic E-state index is 5.94. The Labute approximate surface area is 161 Å². The van der Waals surface area contributed by atoms with E-state index in [9.17, 15) is 0 Å². The van der Waals surface area contributed by atoms with Gasteiger partial charge in [0.05, 0.1) is 18.9 Å². The van der Waals surface area contributed by atoms with Gasteiger partial charge >= 0.3 is 0 Å². The first-order valence-electron chi connectivity index (χ1n) is 8.34. The third-order valence-corrected chi connectivity index (χ3v) is 4.18. The monoisotopic (exact) mass is 451 g/mol. The summed E-state index contributed by atoms with van der Waals surface area (Å²) in [5.74, 6) is 1.61. The molecule has 1 aliphatic rings. The largest absolute Gasteiger partial charge is 0.379 e. The molecule has 0 aliphatic carbocycles. The van der Waals surface area contributed by atoms with Gasteiger partial charge in [-0.2, -0.15) is 0 Å². The van der Waals surface area contributed by atoms with Crippen LogP contribution in [0.25, 0.3) is 0 Å². The van der Waals surface area contributed by atoms with Crippen molar-refractivity contribution in [1.82, 2.24) is 15.4 Å². The summed E-state index contributed by atoms with van der Waals surface area (Å²) in [5, 5.41) is 7.17. The summed E-state index contributed by atoms with van der Waals surface area (Å²) in [4.78, 5) is 6.84. The zero-order valence-electron chi connectivity index (χ0n) is 14.9. The average Bonchev–Trinajstić information content (AvgIpc) is 2.89. The van der Waals surface area contributed by atoms with Gasteiger partial charge in [-0.05, 0) is 26.8 Å². The van der Waals surface area contributed by atoms with Gasteiger partial charge < -0.3 is 20.3 Å². The molecule has 1 aliphatic heterocycles. The van der Waals surface area contributed by atoms with Crippen LogP contribution in [0.3, 0.4) is 0 Å². The number of nitrogens with zero attached hydrogens (tertiary/aromatic N) is 3. The molecular weight excluding hydrogens is 421 g/mol. The van der Waals surface area contributed by atoms with Gasteiger partial charge in [0, 0.05) is 37.7 Å². The van der Waals surface area contributed by atoms with E-state index in [1.165, 1.54) is 0 Å². The fourth-order valence-electron chi connectivity index (χ4n) is 2.92. The lowest BCUT2D eigenvalue weighted by Gasteiger charge is -2.26. The molecule has 138 valence electrons. The van der Waals surface area contributed by atoms with Gasteiger partial charge in [0.2, 0.25) is 0 Å². The molecule has 1 aromatic rings. The maximum Gasteiger partial charge on any atom is 0.188 e. The highest BCUT2D eigenvalue weighted by molar-refractivity contribution is 14.0. The van der Waals surface area contributed by atoms with Crippen molar-refractivity contribution in [2.45, 2.75) is 33.1 Å². The highest BCUT2D eigenvalue weighted by atomic mass is 127. The van der Waals surface area contributed by atoms with Crippen molar-refractivity contribution in [3.05, 3.63) is 17.0 Å². The summed E-state index contributed by atoms with van der Waals surface area (Å²) in [6.07, 6.45) is 1.05. The molecule has 1 fully saturated rings. The Morgan fingerprint density at radius 3 is 2.71 bits per heavy atom. The van der Waals surface area contributed by atoms with Crippen LogP contribution in [-0.2, 0) is 4.74 Å². The molecule has 0 amide bonds. The fourth-order valence-corrected chi connectivity index (χ4v) is 2.92. The van der Waals surface area contributed by atoms with Gasteiger partial charge in [0.15, 0.2) is 5.96 Å². The molecule has 1 saturated heterocycles. The van der Waals surface area contributed by atoms with Gasteiger partial charge in [-0.3, -0.25) is 9.89 Å². The number of guanidine groups is 1. The van der Waals surface area contributed by atoms with Crippen molar-refractivity contribution in [3.8, 4) is 0 Å². The lowest BCUT2D eigenvalue weighted by molar-refractivity contribution is 0.0376. The molecule has 0 saturated carbocycles. The second-order valence-electron chi connectivity index (χ2n) is 6.10. The number of aliphatic imine (C=N–C) groups is 1. The molecule has 0 bridgehead atoms. The normalized spacial score (nSPS) is 17.4. The minimum absolute atomic E-state index is 0. The highest BCUT2D eigenvalue weighted by Gasteiger charge is 2.16. The SMILES string of the molecule is Cc1noc(C)c1C(C)CN=C(N)NCCCN1CCOCC1.I. The number of aryl methyl sites for hydroxylation is 2. The van der Waals surface area contributed by atoms with E-state index in [1.807, 2.05) is 13.8 Å². The molecule has 3 N–H and O–H groups in total. The van der Waals surface area contributed by atoms with E-state index in [2.05, 4.69) is 27.3 Å². The van der Waals surface area contributed by atoms with E-state index >= 15 is 0 Å². The Hall–Kier alpha value is -0.870. The zero-order chi connectivity index (χ0) is 16.7. The summed E-state index contributed by atoms with van der Waals surface area (Å²) >= 11 is 0. The van der Waals surface area contributed by atoms with E-state index < -0.39 is 0 Å². The van der Waals surface area contributed by atoms with Crippen LogP contribution in [0.2, 0.25) is 0 Å². The first-order valence-corrected chi connectivity index (χ1v) is 8.34. The number of halogens is 1. The number of nitrogens with one attached hydrogen (secondary N) is 1. The van der Waals surface area contributed by atoms with Crippen molar-refractivity contribution in [2.24, 2.45) is 10.7 Å².